The highest BCUT2D eigenvalue weighted by Crippen LogP contribution is 2.23. The molecule has 0 aliphatic carbocycles. The molecule has 0 saturated carbocycles. The molecule has 1 aromatic carbocycles. The molecule has 0 aliphatic rings. The number of hydrogen-bond donors (Lipinski definition) is 0. The quantitative estimate of drug-likeness (QED) is 0.681. The van der Waals surface area contributed by atoms with Crippen LogP contribution in [0.3, 0.4) is 0 Å². The standard InChI is InChI=1S/C11H11NO2/c1-3-6-14-11-7-10(13-2)5-4-9(11)8-12/h3-5,7H,1,6H2,2H3. The molecule has 0 spiro atoms. The molecule has 0 saturated heterocycles. The van der Waals surface area contributed by atoms with Gasteiger partial charge in [-0.1, -0.05) is 12.7 Å². The molecule has 3 heteroatoms. The lowest BCUT2D eigenvalue weighted by atomic mass is 10.2. The third-order valence-corrected chi connectivity index (χ3v) is 1.67. The summed E-state index contributed by atoms with van der Waals surface area (Å²) in [6, 6.07) is 7.11. The van der Waals surface area contributed by atoms with E-state index in [9.17, 15) is 0 Å². The summed E-state index contributed by atoms with van der Waals surface area (Å²) in [7, 11) is 1.57. The Morgan fingerprint density at radius 1 is 1.57 bits per heavy atom. The second-order valence-corrected chi connectivity index (χ2v) is 2.57. The predicted molar refractivity (Wildman–Crippen MR) is 53.4 cm³/mol. The third-order valence-electron chi connectivity index (χ3n) is 1.67. The first-order chi connectivity index (χ1) is 6.81. The van der Waals surface area contributed by atoms with Gasteiger partial charge in [-0.05, 0) is 12.1 Å². The second kappa shape index (κ2) is 4.93. The summed E-state index contributed by atoms with van der Waals surface area (Å²) >= 11 is 0. The van der Waals surface area contributed by atoms with E-state index < -0.39 is 0 Å². The summed E-state index contributed by atoms with van der Waals surface area (Å²) in [5.41, 5.74) is 0.493. The van der Waals surface area contributed by atoms with Crippen molar-refractivity contribution in [2.45, 2.75) is 0 Å². The number of nitrogens with zero attached hydrogens (tertiary/aromatic N) is 1. The zero-order chi connectivity index (χ0) is 10.4. The van der Waals surface area contributed by atoms with Gasteiger partial charge in [-0.2, -0.15) is 5.26 Å². The van der Waals surface area contributed by atoms with Crippen LogP contribution in [0.5, 0.6) is 11.5 Å². The van der Waals surface area contributed by atoms with E-state index in [1.807, 2.05) is 6.07 Å². The van der Waals surface area contributed by atoms with Crippen molar-refractivity contribution in [2.75, 3.05) is 13.7 Å². The van der Waals surface area contributed by atoms with Crippen LogP contribution >= 0.6 is 0 Å². The fraction of sp³-hybridized carbons (Fsp3) is 0.182. The van der Waals surface area contributed by atoms with Crippen molar-refractivity contribution in [2.24, 2.45) is 0 Å². The van der Waals surface area contributed by atoms with Gasteiger partial charge in [0.15, 0.2) is 0 Å². The normalized spacial score (nSPS) is 8.86. The first-order valence-corrected chi connectivity index (χ1v) is 4.13. The lowest BCUT2D eigenvalue weighted by molar-refractivity contribution is 0.356. The summed E-state index contributed by atoms with van der Waals surface area (Å²) in [6.07, 6.45) is 1.63. The molecule has 72 valence electrons. The number of rotatable bonds is 4. The van der Waals surface area contributed by atoms with Crippen LogP contribution in [0, 0.1) is 11.3 Å². The number of ether oxygens (including phenoxy) is 2. The largest absolute Gasteiger partial charge is 0.497 e. The molecule has 1 rings (SSSR count). The van der Waals surface area contributed by atoms with E-state index in [4.69, 9.17) is 14.7 Å². The molecule has 3 nitrogen and oxygen atoms in total. The van der Waals surface area contributed by atoms with Crippen LogP contribution in [-0.2, 0) is 0 Å². The number of benzene rings is 1. The van der Waals surface area contributed by atoms with E-state index in [2.05, 4.69) is 6.58 Å². The van der Waals surface area contributed by atoms with Crippen molar-refractivity contribution in [3.63, 3.8) is 0 Å². The molecule has 0 atom stereocenters. The van der Waals surface area contributed by atoms with E-state index >= 15 is 0 Å². The molecule has 0 unspecified atom stereocenters. The first kappa shape index (κ1) is 10.1. The number of methoxy groups -OCH3 is 1. The predicted octanol–water partition coefficient (Wildman–Crippen LogP) is 2.13. The highest BCUT2D eigenvalue weighted by atomic mass is 16.5. The van der Waals surface area contributed by atoms with Gasteiger partial charge >= 0.3 is 0 Å². The van der Waals surface area contributed by atoms with Crippen molar-refractivity contribution in [3.8, 4) is 17.6 Å². The zero-order valence-electron chi connectivity index (χ0n) is 7.99. The smallest absolute Gasteiger partial charge is 0.141 e. The van der Waals surface area contributed by atoms with E-state index in [1.54, 1.807) is 31.4 Å². The van der Waals surface area contributed by atoms with Gasteiger partial charge in [-0.15, -0.1) is 0 Å². The molecule has 0 bridgehead atoms. The Kier molecular flexibility index (Phi) is 3.57. The molecular weight excluding hydrogens is 178 g/mol. The average Bonchev–Trinajstić information content (AvgIpc) is 2.25. The maximum absolute atomic E-state index is 8.78. The van der Waals surface area contributed by atoms with Crippen LogP contribution in [0.4, 0.5) is 0 Å². The number of hydrogen-bond acceptors (Lipinski definition) is 3. The zero-order valence-corrected chi connectivity index (χ0v) is 7.99. The SMILES string of the molecule is C=CCOc1cc(OC)ccc1C#N. The topological polar surface area (TPSA) is 42.2 Å². The minimum Gasteiger partial charge on any atom is -0.497 e. The number of nitriles is 1. The fourth-order valence-corrected chi connectivity index (χ4v) is 0.990. The Balaban J connectivity index is 2.97. The van der Waals surface area contributed by atoms with Crippen molar-refractivity contribution >= 4 is 0 Å². The van der Waals surface area contributed by atoms with Crippen LogP contribution in [0.1, 0.15) is 5.56 Å². The Hall–Kier alpha value is -1.95. The molecule has 0 aromatic heterocycles. The van der Waals surface area contributed by atoms with Crippen LogP contribution in [0.15, 0.2) is 30.9 Å². The highest BCUT2D eigenvalue weighted by Gasteiger charge is 2.03. The molecule has 0 radical (unpaired) electrons. The Bertz CT molecular complexity index is 366. The van der Waals surface area contributed by atoms with Gasteiger partial charge in [0, 0.05) is 6.07 Å². The van der Waals surface area contributed by atoms with E-state index in [1.165, 1.54) is 0 Å². The van der Waals surface area contributed by atoms with Crippen LogP contribution in [0.2, 0.25) is 0 Å². The van der Waals surface area contributed by atoms with Crippen LogP contribution in [0.25, 0.3) is 0 Å². The van der Waals surface area contributed by atoms with Crippen molar-refractivity contribution in [3.05, 3.63) is 36.4 Å². The molecule has 0 aliphatic heterocycles. The van der Waals surface area contributed by atoms with E-state index in [0.717, 1.165) is 0 Å². The van der Waals surface area contributed by atoms with Gasteiger partial charge < -0.3 is 9.47 Å². The minimum absolute atomic E-state index is 0.377. The minimum atomic E-state index is 0.377. The maximum Gasteiger partial charge on any atom is 0.141 e. The van der Waals surface area contributed by atoms with E-state index in [0.29, 0.717) is 23.7 Å². The average molecular weight is 189 g/mol. The van der Waals surface area contributed by atoms with Gasteiger partial charge in [-0.25, -0.2) is 0 Å². The highest BCUT2D eigenvalue weighted by molar-refractivity contribution is 5.47. The van der Waals surface area contributed by atoms with Crippen molar-refractivity contribution < 1.29 is 9.47 Å². The molecule has 14 heavy (non-hydrogen) atoms. The van der Waals surface area contributed by atoms with Crippen molar-refractivity contribution in [1.29, 1.82) is 5.26 Å². The molecule has 0 heterocycles. The third kappa shape index (κ3) is 2.27. The Morgan fingerprint density at radius 2 is 2.36 bits per heavy atom. The Morgan fingerprint density at radius 3 is 2.93 bits per heavy atom. The fourth-order valence-electron chi connectivity index (χ4n) is 0.990. The van der Waals surface area contributed by atoms with Gasteiger partial charge in [0.25, 0.3) is 0 Å². The van der Waals surface area contributed by atoms with Crippen molar-refractivity contribution in [1.82, 2.24) is 0 Å². The van der Waals surface area contributed by atoms with Gasteiger partial charge in [0.2, 0.25) is 0 Å². The Labute approximate surface area is 83.2 Å². The lowest BCUT2D eigenvalue weighted by Crippen LogP contribution is -1.96. The molecule has 1 aromatic rings. The molecule has 0 fully saturated rings. The molecule has 0 amide bonds. The summed E-state index contributed by atoms with van der Waals surface area (Å²) in [5, 5.41) is 8.78. The summed E-state index contributed by atoms with van der Waals surface area (Å²) in [5.74, 6) is 1.19. The van der Waals surface area contributed by atoms with E-state index in [-0.39, 0.29) is 0 Å². The molecular formula is C11H11NO2. The van der Waals surface area contributed by atoms with Gasteiger partial charge in [0.1, 0.15) is 24.2 Å². The van der Waals surface area contributed by atoms with Gasteiger partial charge in [0.05, 0.1) is 12.7 Å². The summed E-state index contributed by atoms with van der Waals surface area (Å²) in [6.45, 7) is 3.91. The monoisotopic (exact) mass is 189 g/mol. The second-order valence-electron chi connectivity index (χ2n) is 2.57. The summed E-state index contributed by atoms with van der Waals surface area (Å²) in [4.78, 5) is 0. The van der Waals surface area contributed by atoms with Gasteiger partial charge in [-0.3, -0.25) is 0 Å². The first-order valence-electron chi connectivity index (χ1n) is 4.13. The molecule has 0 N–H and O–H groups in total. The lowest BCUT2D eigenvalue weighted by Gasteiger charge is -2.07. The maximum atomic E-state index is 8.78. The van der Waals surface area contributed by atoms with Crippen LogP contribution in [-0.4, -0.2) is 13.7 Å². The summed E-state index contributed by atoms with van der Waals surface area (Å²) < 4.78 is 10.3. The van der Waals surface area contributed by atoms with Crippen LogP contribution < -0.4 is 9.47 Å².